The van der Waals surface area contributed by atoms with Crippen molar-refractivity contribution < 1.29 is 4.74 Å². The molecule has 0 atom stereocenters. The topological polar surface area (TPSA) is 67.0 Å². The Morgan fingerprint density at radius 1 is 1.60 bits per heavy atom. The zero-order chi connectivity index (χ0) is 11.1. The van der Waals surface area contributed by atoms with Crippen molar-refractivity contribution in [2.24, 2.45) is 5.92 Å². The van der Waals surface area contributed by atoms with Crippen molar-refractivity contribution in [3.63, 3.8) is 0 Å². The fourth-order valence-electron chi connectivity index (χ4n) is 1.04. The summed E-state index contributed by atoms with van der Waals surface area (Å²) in [4.78, 5) is 17.3. The summed E-state index contributed by atoms with van der Waals surface area (Å²) >= 11 is 0. The van der Waals surface area contributed by atoms with Crippen LogP contribution in [-0.2, 0) is 4.74 Å². The van der Waals surface area contributed by atoms with Crippen LogP contribution in [0.15, 0.2) is 17.2 Å². The summed E-state index contributed by atoms with van der Waals surface area (Å²) in [6, 6.07) is 1.42. The summed E-state index contributed by atoms with van der Waals surface area (Å²) in [5.41, 5.74) is -0.157. The molecule has 0 aliphatic rings. The minimum atomic E-state index is -0.157. The highest BCUT2D eigenvalue weighted by molar-refractivity contribution is 5.31. The number of hydrogen-bond acceptors (Lipinski definition) is 4. The second-order valence-electron chi connectivity index (χ2n) is 3.69. The van der Waals surface area contributed by atoms with Crippen LogP contribution in [0.2, 0.25) is 0 Å². The molecule has 1 rings (SSSR count). The highest BCUT2D eigenvalue weighted by atomic mass is 16.5. The van der Waals surface area contributed by atoms with E-state index in [1.165, 1.54) is 12.4 Å². The normalized spacial score (nSPS) is 10.6. The van der Waals surface area contributed by atoms with E-state index in [9.17, 15) is 4.79 Å². The molecule has 0 radical (unpaired) electrons. The molecule has 0 amide bonds. The molecular weight excluding hydrogens is 194 g/mol. The van der Waals surface area contributed by atoms with Crippen molar-refractivity contribution in [3.05, 3.63) is 22.7 Å². The molecule has 0 saturated heterocycles. The number of rotatable bonds is 6. The van der Waals surface area contributed by atoms with E-state index < -0.39 is 0 Å². The van der Waals surface area contributed by atoms with E-state index in [0.717, 1.165) is 6.61 Å². The molecule has 5 heteroatoms. The highest BCUT2D eigenvalue weighted by Gasteiger charge is 1.95. The number of anilines is 1. The SMILES string of the molecule is CC(C)COCCNc1cc(=O)[nH]cn1. The molecular formula is C10H17N3O2. The van der Waals surface area contributed by atoms with Crippen LogP contribution in [0.4, 0.5) is 5.82 Å². The summed E-state index contributed by atoms with van der Waals surface area (Å²) in [5.74, 6) is 1.12. The maximum Gasteiger partial charge on any atom is 0.252 e. The summed E-state index contributed by atoms with van der Waals surface area (Å²) < 4.78 is 5.37. The van der Waals surface area contributed by atoms with E-state index in [1.807, 2.05) is 0 Å². The van der Waals surface area contributed by atoms with Crippen molar-refractivity contribution in [1.29, 1.82) is 0 Å². The third-order valence-electron chi connectivity index (χ3n) is 1.68. The molecule has 0 aromatic carbocycles. The van der Waals surface area contributed by atoms with Crippen LogP contribution in [0.25, 0.3) is 0 Å². The largest absolute Gasteiger partial charge is 0.379 e. The van der Waals surface area contributed by atoms with E-state index in [1.54, 1.807) is 0 Å². The average Bonchev–Trinajstić information content (AvgIpc) is 2.17. The van der Waals surface area contributed by atoms with Gasteiger partial charge in [-0.2, -0.15) is 0 Å². The zero-order valence-electron chi connectivity index (χ0n) is 9.12. The predicted octanol–water partition coefficient (Wildman–Crippen LogP) is 0.854. The number of ether oxygens (including phenoxy) is 1. The predicted molar refractivity (Wildman–Crippen MR) is 59.0 cm³/mol. The summed E-state index contributed by atoms with van der Waals surface area (Å²) in [6.07, 6.45) is 1.37. The molecule has 1 aromatic rings. The van der Waals surface area contributed by atoms with E-state index in [-0.39, 0.29) is 5.56 Å². The monoisotopic (exact) mass is 211 g/mol. The molecule has 1 aromatic heterocycles. The van der Waals surface area contributed by atoms with Gasteiger partial charge in [0.15, 0.2) is 0 Å². The standard InChI is InChI=1S/C10H17N3O2/c1-8(2)6-15-4-3-11-9-5-10(14)13-7-12-9/h5,7-8H,3-4,6H2,1-2H3,(H2,11,12,13,14). The number of hydrogen-bond donors (Lipinski definition) is 2. The minimum absolute atomic E-state index is 0.157. The number of nitrogens with zero attached hydrogens (tertiary/aromatic N) is 1. The Morgan fingerprint density at radius 2 is 2.40 bits per heavy atom. The Hall–Kier alpha value is -1.36. The molecule has 0 aliphatic heterocycles. The van der Waals surface area contributed by atoms with Crippen LogP contribution in [-0.4, -0.2) is 29.7 Å². The number of nitrogens with one attached hydrogen (secondary N) is 2. The first kappa shape index (κ1) is 11.7. The fourth-order valence-corrected chi connectivity index (χ4v) is 1.04. The zero-order valence-corrected chi connectivity index (χ0v) is 9.12. The molecule has 15 heavy (non-hydrogen) atoms. The number of aromatic amines is 1. The Balaban J connectivity index is 2.18. The first-order valence-corrected chi connectivity index (χ1v) is 5.05. The number of H-pyrrole nitrogens is 1. The van der Waals surface area contributed by atoms with E-state index >= 15 is 0 Å². The first-order valence-electron chi connectivity index (χ1n) is 5.05. The van der Waals surface area contributed by atoms with Crippen molar-refractivity contribution in [2.75, 3.05) is 25.1 Å². The Labute approximate surface area is 88.9 Å². The van der Waals surface area contributed by atoms with Crippen LogP contribution < -0.4 is 10.9 Å². The maximum atomic E-state index is 10.9. The summed E-state index contributed by atoms with van der Waals surface area (Å²) in [6.45, 7) is 6.23. The van der Waals surface area contributed by atoms with Gasteiger partial charge in [0.1, 0.15) is 5.82 Å². The van der Waals surface area contributed by atoms with Crippen LogP contribution in [0.5, 0.6) is 0 Å². The second kappa shape index (κ2) is 6.19. The Morgan fingerprint density at radius 3 is 3.07 bits per heavy atom. The van der Waals surface area contributed by atoms with Gasteiger partial charge >= 0.3 is 0 Å². The van der Waals surface area contributed by atoms with Crippen LogP contribution >= 0.6 is 0 Å². The molecule has 0 spiro atoms. The third-order valence-corrected chi connectivity index (χ3v) is 1.68. The van der Waals surface area contributed by atoms with Gasteiger partial charge in [0.25, 0.3) is 5.56 Å². The molecule has 2 N–H and O–H groups in total. The van der Waals surface area contributed by atoms with Crippen molar-refractivity contribution >= 4 is 5.82 Å². The molecule has 0 aliphatic carbocycles. The quantitative estimate of drug-likeness (QED) is 0.685. The average molecular weight is 211 g/mol. The summed E-state index contributed by atoms with van der Waals surface area (Å²) in [7, 11) is 0. The third kappa shape index (κ3) is 5.17. The molecule has 0 bridgehead atoms. The lowest BCUT2D eigenvalue weighted by Crippen LogP contribution is -2.14. The van der Waals surface area contributed by atoms with Gasteiger partial charge in [0, 0.05) is 19.2 Å². The van der Waals surface area contributed by atoms with E-state index in [4.69, 9.17) is 4.74 Å². The van der Waals surface area contributed by atoms with Gasteiger partial charge in [-0.3, -0.25) is 4.79 Å². The maximum absolute atomic E-state index is 10.9. The minimum Gasteiger partial charge on any atom is -0.379 e. The van der Waals surface area contributed by atoms with Gasteiger partial charge in [-0.1, -0.05) is 13.8 Å². The van der Waals surface area contributed by atoms with Crippen molar-refractivity contribution in [3.8, 4) is 0 Å². The van der Waals surface area contributed by atoms with Crippen LogP contribution in [0.1, 0.15) is 13.8 Å². The van der Waals surface area contributed by atoms with Crippen molar-refractivity contribution in [1.82, 2.24) is 9.97 Å². The molecule has 0 unspecified atom stereocenters. The van der Waals surface area contributed by atoms with Crippen LogP contribution in [0.3, 0.4) is 0 Å². The van der Waals surface area contributed by atoms with E-state index in [2.05, 4.69) is 29.1 Å². The van der Waals surface area contributed by atoms with Gasteiger partial charge in [-0.15, -0.1) is 0 Å². The molecule has 0 fully saturated rings. The lowest BCUT2D eigenvalue weighted by molar-refractivity contribution is 0.118. The van der Waals surface area contributed by atoms with Gasteiger partial charge in [0.2, 0.25) is 0 Å². The van der Waals surface area contributed by atoms with Gasteiger partial charge in [0.05, 0.1) is 12.9 Å². The van der Waals surface area contributed by atoms with Gasteiger partial charge < -0.3 is 15.0 Å². The van der Waals surface area contributed by atoms with Gasteiger partial charge in [-0.25, -0.2) is 4.98 Å². The molecule has 84 valence electrons. The second-order valence-corrected chi connectivity index (χ2v) is 3.69. The first-order chi connectivity index (χ1) is 7.18. The molecule has 1 heterocycles. The smallest absolute Gasteiger partial charge is 0.252 e. The highest BCUT2D eigenvalue weighted by Crippen LogP contribution is 1.95. The fraction of sp³-hybridized carbons (Fsp3) is 0.600. The van der Waals surface area contributed by atoms with Gasteiger partial charge in [-0.05, 0) is 5.92 Å². The molecule has 0 saturated carbocycles. The van der Waals surface area contributed by atoms with Crippen molar-refractivity contribution in [2.45, 2.75) is 13.8 Å². The lowest BCUT2D eigenvalue weighted by atomic mass is 10.2. The summed E-state index contributed by atoms with van der Waals surface area (Å²) in [5, 5.41) is 3.00. The van der Waals surface area contributed by atoms with E-state index in [0.29, 0.717) is 24.9 Å². The van der Waals surface area contributed by atoms with Crippen LogP contribution in [0, 0.1) is 5.92 Å². The number of aromatic nitrogens is 2. The molecule has 5 nitrogen and oxygen atoms in total. The lowest BCUT2D eigenvalue weighted by Gasteiger charge is -2.07. The Bertz CT molecular complexity index is 335. The Kier molecular flexibility index (Phi) is 4.83.